The van der Waals surface area contributed by atoms with Gasteiger partial charge in [0.2, 0.25) is 0 Å². The Morgan fingerprint density at radius 1 is 0.939 bits per heavy atom. The van der Waals surface area contributed by atoms with E-state index in [4.69, 9.17) is 14.6 Å². The number of carboxylic acids is 1. The van der Waals surface area contributed by atoms with Gasteiger partial charge >= 0.3 is 5.97 Å². The van der Waals surface area contributed by atoms with Crippen LogP contribution in [0.25, 0.3) is 0 Å². The van der Waals surface area contributed by atoms with Crippen molar-refractivity contribution in [2.45, 2.75) is 24.9 Å². The number of benzene rings is 3. The number of nitrogens with zero attached hydrogens (tertiary/aromatic N) is 1. The van der Waals surface area contributed by atoms with E-state index in [1.807, 2.05) is 18.2 Å². The summed E-state index contributed by atoms with van der Waals surface area (Å²) < 4.78 is 11.9. The summed E-state index contributed by atoms with van der Waals surface area (Å²) in [7, 11) is 2.14. The first-order valence-corrected chi connectivity index (χ1v) is 11.4. The molecule has 5 heteroatoms. The van der Waals surface area contributed by atoms with Gasteiger partial charge in [-0.3, -0.25) is 4.79 Å². The summed E-state index contributed by atoms with van der Waals surface area (Å²) in [5, 5.41) is 8.78. The van der Waals surface area contributed by atoms with Crippen molar-refractivity contribution >= 4 is 5.97 Å². The first kappa shape index (κ1) is 23.0. The Kier molecular flexibility index (Phi) is 7.43. The Morgan fingerprint density at radius 3 is 2.30 bits per heavy atom. The largest absolute Gasteiger partial charge is 0.489 e. The van der Waals surface area contributed by atoms with E-state index in [-0.39, 0.29) is 18.4 Å². The Balaban J connectivity index is 1.60. The smallest absolute Gasteiger partial charge is 0.305 e. The van der Waals surface area contributed by atoms with Crippen molar-refractivity contribution in [3.05, 3.63) is 101 Å². The molecule has 0 amide bonds. The third-order valence-electron chi connectivity index (χ3n) is 6.20. The van der Waals surface area contributed by atoms with Crippen LogP contribution in [0.3, 0.4) is 0 Å². The fourth-order valence-electron chi connectivity index (χ4n) is 4.56. The van der Waals surface area contributed by atoms with Crippen molar-refractivity contribution in [2.24, 2.45) is 0 Å². The van der Waals surface area contributed by atoms with Gasteiger partial charge in [-0.05, 0) is 36.2 Å². The van der Waals surface area contributed by atoms with Crippen molar-refractivity contribution in [1.29, 1.82) is 0 Å². The van der Waals surface area contributed by atoms with Crippen LogP contribution in [0.4, 0.5) is 0 Å². The second-order valence-corrected chi connectivity index (χ2v) is 8.73. The molecule has 1 heterocycles. The Morgan fingerprint density at radius 2 is 1.64 bits per heavy atom. The number of ether oxygens (including phenoxy) is 2. The van der Waals surface area contributed by atoms with Crippen LogP contribution in [0.5, 0.6) is 5.75 Å². The van der Waals surface area contributed by atoms with Crippen molar-refractivity contribution < 1.29 is 19.4 Å². The van der Waals surface area contributed by atoms with Gasteiger partial charge in [0, 0.05) is 24.1 Å². The van der Waals surface area contributed by atoms with Gasteiger partial charge in [-0.25, -0.2) is 0 Å². The van der Waals surface area contributed by atoms with Gasteiger partial charge in [-0.15, -0.1) is 0 Å². The number of hydrogen-bond donors (Lipinski definition) is 1. The molecule has 0 aliphatic carbocycles. The number of aliphatic carboxylic acids is 1. The number of hydrogen-bond acceptors (Lipinski definition) is 4. The molecule has 172 valence electrons. The molecule has 1 N–H and O–H groups in total. The van der Waals surface area contributed by atoms with E-state index in [2.05, 4.69) is 72.6 Å². The molecule has 0 radical (unpaired) electrons. The number of likely N-dealkylation sites (N-methyl/N-ethyl adjacent to an activating group) is 1. The second kappa shape index (κ2) is 10.6. The lowest BCUT2D eigenvalue weighted by Crippen LogP contribution is -2.58. The van der Waals surface area contributed by atoms with Crippen LogP contribution in [-0.4, -0.2) is 49.3 Å². The predicted octanol–water partition coefficient (Wildman–Crippen LogP) is 4.53. The SMILES string of the molecule is CN1CC(c2ccccc2)(c2cc(CCOCCC(=O)O)ccc2OCc2ccccc2)C1. The highest BCUT2D eigenvalue weighted by Gasteiger charge is 2.45. The van der Waals surface area contributed by atoms with Crippen LogP contribution in [0.1, 0.15) is 28.7 Å². The molecule has 1 aliphatic rings. The fourth-order valence-corrected chi connectivity index (χ4v) is 4.56. The predicted molar refractivity (Wildman–Crippen MR) is 129 cm³/mol. The van der Waals surface area contributed by atoms with Crippen molar-refractivity contribution in [1.82, 2.24) is 4.90 Å². The van der Waals surface area contributed by atoms with Gasteiger partial charge in [0.25, 0.3) is 0 Å². The minimum Gasteiger partial charge on any atom is -0.489 e. The molecule has 0 spiro atoms. The maximum Gasteiger partial charge on any atom is 0.305 e. The fraction of sp³-hybridized carbons (Fsp3) is 0.321. The summed E-state index contributed by atoms with van der Waals surface area (Å²) in [5.74, 6) is 0.0717. The highest BCUT2D eigenvalue weighted by Crippen LogP contribution is 2.44. The molecule has 0 bridgehead atoms. The average Bonchev–Trinajstić information content (AvgIpc) is 2.82. The van der Waals surface area contributed by atoms with Crippen LogP contribution in [-0.2, 0) is 28.0 Å². The van der Waals surface area contributed by atoms with Gasteiger partial charge in [0.05, 0.1) is 19.6 Å². The minimum absolute atomic E-state index is 0.0287. The highest BCUT2D eigenvalue weighted by molar-refractivity contribution is 5.66. The lowest BCUT2D eigenvalue weighted by Gasteiger charge is -2.50. The number of likely N-dealkylation sites (tertiary alicyclic amines) is 1. The molecular formula is C28H31NO4. The Bertz CT molecular complexity index is 1050. The quantitative estimate of drug-likeness (QED) is 0.440. The molecule has 0 aromatic heterocycles. The third-order valence-corrected chi connectivity index (χ3v) is 6.20. The normalized spacial score (nSPS) is 15.1. The highest BCUT2D eigenvalue weighted by atomic mass is 16.5. The van der Waals surface area contributed by atoms with Gasteiger partial charge in [0.15, 0.2) is 0 Å². The summed E-state index contributed by atoms with van der Waals surface area (Å²) in [5.41, 5.74) is 4.67. The lowest BCUT2D eigenvalue weighted by atomic mass is 9.68. The van der Waals surface area contributed by atoms with E-state index < -0.39 is 5.97 Å². The zero-order valence-electron chi connectivity index (χ0n) is 19.1. The van der Waals surface area contributed by atoms with Gasteiger partial charge in [-0.1, -0.05) is 72.8 Å². The Hall–Kier alpha value is -3.15. The maximum absolute atomic E-state index is 10.7. The van der Waals surface area contributed by atoms with Crippen molar-refractivity contribution in [3.8, 4) is 5.75 Å². The van der Waals surface area contributed by atoms with E-state index in [0.29, 0.717) is 13.2 Å². The lowest BCUT2D eigenvalue weighted by molar-refractivity contribution is -0.138. The van der Waals surface area contributed by atoms with Gasteiger partial charge in [0.1, 0.15) is 12.4 Å². The topological polar surface area (TPSA) is 59.0 Å². The molecule has 5 nitrogen and oxygen atoms in total. The van der Waals surface area contributed by atoms with E-state index in [0.717, 1.165) is 36.4 Å². The van der Waals surface area contributed by atoms with E-state index in [1.54, 1.807) is 0 Å². The molecule has 1 saturated heterocycles. The molecule has 1 aliphatic heterocycles. The van der Waals surface area contributed by atoms with Crippen LogP contribution in [0.2, 0.25) is 0 Å². The van der Waals surface area contributed by atoms with E-state index >= 15 is 0 Å². The zero-order valence-corrected chi connectivity index (χ0v) is 19.1. The molecule has 1 fully saturated rings. The van der Waals surface area contributed by atoms with Crippen molar-refractivity contribution in [3.63, 3.8) is 0 Å². The number of rotatable bonds is 11. The first-order chi connectivity index (χ1) is 16.1. The van der Waals surface area contributed by atoms with E-state index in [9.17, 15) is 4.79 Å². The van der Waals surface area contributed by atoms with Gasteiger partial charge in [-0.2, -0.15) is 0 Å². The summed E-state index contributed by atoms with van der Waals surface area (Å²) in [4.78, 5) is 13.0. The standard InChI is InChI=1S/C28H31NO4/c1-29-20-28(21-29,24-10-6-3-7-11-24)25-18-22(14-16-32-17-15-27(30)31)12-13-26(25)33-19-23-8-4-2-5-9-23/h2-13,18H,14-17,19-21H2,1H3,(H,30,31). The first-order valence-electron chi connectivity index (χ1n) is 11.4. The maximum atomic E-state index is 10.7. The summed E-state index contributed by atoms with van der Waals surface area (Å²) in [6, 6.07) is 27.3. The van der Waals surface area contributed by atoms with Gasteiger partial charge < -0.3 is 19.5 Å². The third kappa shape index (κ3) is 5.62. The molecule has 3 aromatic rings. The molecule has 4 rings (SSSR count). The average molecular weight is 446 g/mol. The number of carbonyl (C=O) groups is 1. The monoisotopic (exact) mass is 445 g/mol. The second-order valence-electron chi connectivity index (χ2n) is 8.73. The molecular weight excluding hydrogens is 414 g/mol. The molecule has 0 atom stereocenters. The minimum atomic E-state index is -0.837. The van der Waals surface area contributed by atoms with Crippen LogP contribution >= 0.6 is 0 Å². The molecule has 33 heavy (non-hydrogen) atoms. The Labute approximate surface area is 195 Å². The van der Waals surface area contributed by atoms with Crippen LogP contribution in [0, 0.1) is 0 Å². The zero-order chi connectivity index (χ0) is 23.1. The molecule has 0 unspecified atom stereocenters. The van der Waals surface area contributed by atoms with E-state index in [1.165, 1.54) is 11.1 Å². The number of carboxylic acid groups (broad SMARTS) is 1. The van der Waals surface area contributed by atoms with Crippen LogP contribution < -0.4 is 4.74 Å². The summed E-state index contributed by atoms with van der Waals surface area (Å²) in [6.45, 7) is 3.11. The van der Waals surface area contributed by atoms with Crippen LogP contribution in [0.15, 0.2) is 78.9 Å². The molecule has 0 saturated carbocycles. The summed E-state index contributed by atoms with van der Waals surface area (Å²) in [6.07, 6.45) is 0.757. The van der Waals surface area contributed by atoms with Crippen molar-refractivity contribution in [2.75, 3.05) is 33.4 Å². The summed E-state index contributed by atoms with van der Waals surface area (Å²) >= 11 is 0. The molecule has 3 aromatic carbocycles.